The number of thioether (sulfide) groups is 1. The molecule has 1 N–H and O–H groups in total. The Bertz CT molecular complexity index is 693. The average molecular weight is 427 g/mol. The number of hydrogen-bond donors (Lipinski definition) is 1. The highest BCUT2D eigenvalue weighted by atomic mass is 127. The Kier molecular flexibility index (Phi) is 5.09. The highest BCUT2D eigenvalue weighted by Crippen LogP contribution is 2.34. The Labute approximate surface area is 146 Å². The zero-order valence-electron chi connectivity index (χ0n) is 11.7. The van der Waals surface area contributed by atoms with Crippen LogP contribution in [0.15, 0.2) is 47.4 Å². The summed E-state index contributed by atoms with van der Waals surface area (Å²) in [5.41, 5.74) is 0.819. The zero-order chi connectivity index (χ0) is 15.4. The van der Waals surface area contributed by atoms with Crippen molar-refractivity contribution in [3.05, 3.63) is 46.0 Å². The third kappa shape index (κ3) is 4.07. The van der Waals surface area contributed by atoms with Crippen molar-refractivity contribution < 1.29 is 14.3 Å². The molecule has 0 aliphatic carbocycles. The Morgan fingerprint density at radius 2 is 1.95 bits per heavy atom. The van der Waals surface area contributed by atoms with E-state index >= 15 is 0 Å². The molecule has 0 spiro atoms. The standard InChI is InChI=1S/C16H14INO3S/c17-11-2-1-3-12(8-11)18-16(19)10-22-13-4-5-14-15(9-13)21-7-6-20-14/h1-5,8-9H,6-7,10H2,(H,18,19). The van der Waals surface area contributed by atoms with Crippen LogP contribution in [0.5, 0.6) is 11.5 Å². The van der Waals surface area contributed by atoms with Crippen molar-refractivity contribution in [1.82, 2.24) is 0 Å². The van der Waals surface area contributed by atoms with E-state index < -0.39 is 0 Å². The molecule has 0 fully saturated rings. The molecule has 114 valence electrons. The summed E-state index contributed by atoms with van der Waals surface area (Å²) in [6.07, 6.45) is 0. The van der Waals surface area contributed by atoms with Gasteiger partial charge in [0.1, 0.15) is 13.2 Å². The minimum Gasteiger partial charge on any atom is -0.486 e. The number of carbonyl (C=O) groups excluding carboxylic acids is 1. The number of carbonyl (C=O) groups is 1. The molecule has 0 radical (unpaired) electrons. The van der Waals surface area contributed by atoms with Crippen LogP contribution in [-0.2, 0) is 4.79 Å². The number of amides is 1. The molecule has 4 nitrogen and oxygen atoms in total. The van der Waals surface area contributed by atoms with Crippen molar-refractivity contribution in [2.75, 3.05) is 24.3 Å². The largest absolute Gasteiger partial charge is 0.486 e. The summed E-state index contributed by atoms with van der Waals surface area (Å²) in [4.78, 5) is 13.0. The number of rotatable bonds is 4. The van der Waals surface area contributed by atoms with Gasteiger partial charge in [-0.15, -0.1) is 11.8 Å². The summed E-state index contributed by atoms with van der Waals surface area (Å²) >= 11 is 3.70. The second-order valence-corrected chi connectivity index (χ2v) is 6.95. The zero-order valence-corrected chi connectivity index (χ0v) is 14.6. The molecule has 0 bridgehead atoms. The van der Waals surface area contributed by atoms with Gasteiger partial charge in [-0.3, -0.25) is 4.79 Å². The fraction of sp³-hybridized carbons (Fsp3) is 0.188. The highest BCUT2D eigenvalue weighted by molar-refractivity contribution is 14.1. The Balaban J connectivity index is 1.57. The summed E-state index contributed by atoms with van der Waals surface area (Å²) in [6, 6.07) is 13.5. The average Bonchev–Trinajstić information content (AvgIpc) is 2.53. The van der Waals surface area contributed by atoms with Gasteiger partial charge in [0.05, 0.1) is 5.75 Å². The summed E-state index contributed by atoms with van der Waals surface area (Å²) in [5.74, 6) is 1.83. The Hall–Kier alpha value is -1.41. The molecule has 22 heavy (non-hydrogen) atoms. The minimum absolute atomic E-state index is 0.0260. The fourth-order valence-electron chi connectivity index (χ4n) is 2.03. The van der Waals surface area contributed by atoms with Crippen LogP contribution in [0.25, 0.3) is 0 Å². The lowest BCUT2D eigenvalue weighted by molar-refractivity contribution is -0.113. The Morgan fingerprint density at radius 1 is 1.14 bits per heavy atom. The molecule has 0 saturated carbocycles. The summed E-state index contributed by atoms with van der Waals surface area (Å²) < 4.78 is 12.1. The van der Waals surface area contributed by atoms with Crippen LogP contribution in [0.2, 0.25) is 0 Å². The first-order valence-corrected chi connectivity index (χ1v) is 8.85. The molecule has 1 amide bonds. The first kappa shape index (κ1) is 15.5. The van der Waals surface area contributed by atoms with Gasteiger partial charge in [0.2, 0.25) is 5.91 Å². The van der Waals surface area contributed by atoms with Gasteiger partial charge in [-0.05, 0) is 59.0 Å². The van der Waals surface area contributed by atoms with Gasteiger partial charge < -0.3 is 14.8 Å². The number of benzene rings is 2. The molecular formula is C16H14INO3S. The first-order chi connectivity index (χ1) is 10.7. The molecule has 0 atom stereocenters. The van der Waals surface area contributed by atoms with Gasteiger partial charge in [0, 0.05) is 14.2 Å². The molecule has 0 saturated heterocycles. The lowest BCUT2D eigenvalue weighted by Gasteiger charge is -2.18. The monoisotopic (exact) mass is 427 g/mol. The van der Waals surface area contributed by atoms with Crippen molar-refractivity contribution in [1.29, 1.82) is 0 Å². The quantitative estimate of drug-likeness (QED) is 0.596. The molecular weight excluding hydrogens is 413 g/mol. The fourth-order valence-corrected chi connectivity index (χ4v) is 3.29. The van der Waals surface area contributed by atoms with Crippen LogP contribution in [-0.4, -0.2) is 24.9 Å². The second-order valence-electron chi connectivity index (χ2n) is 4.65. The van der Waals surface area contributed by atoms with Gasteiger partial charge in [-0.2, -0.15) is 0 Å². The van der Waals surface area contributed by atoms with E-state index in [1.165, 1.54) is 11.8 Å². The summed E-state index contributed by atoms with van der Waals surface area (Å²) in [5, 5.41) is 2.89. The van der Waals surface area contributed by atoms with E-state index in [-0.39, 0.29) is 5.91 Å². The maximum Gasteiger partial charge on any atom is 0.234 e. The van der Waals surface area contributed by atoms with Gasteiger partial charge in [-0.1, -0.05) is 6.07 Å². The van der Waals surface area contributed by atoms with Crippen LogP contribution in [0.3, 0.4) is 0 Å². The van der Waals surface area contributed by atoms with Crippen LogP contribution < -0.4 is 14.8 Å². The SMILES string of the molecule is O=C(CSc1ccc2c(c1)OCCO2)Nc1cccc(I)c1. The van der Waals surface area contributed by atoms with Gasteiger partial charge in [0.15, 0.2) is 11.5 Å². The predicted molar refractivity (Wildman–Crippen MR) is 95.9 cm³/mol. The maximum atomic E-state index is 12.0. The molecule has 1 aliphatic heterocycles. The van der Waals surface area contributed by atoms with Crippen molar-refractivity contribution in [2.45, 2.75) is 4.90 Å². The smallest absolute Gasteiger partial charge is 0.234 e. The van der Waals surface area contributed by atoms with Crippen molar-refractivity contribution in [3.63, 3.8) is 0 Å². The normalized spacial score (nSPS) is 12.8. The number of nitrogens with one attached hydrogen (secondary N) is 1. The molecule has 2 aromatic rings. The number of halogens is 1. The van der Waals surface area contributed by atoms with E-state index in [2.05, 4.69) is 27.9 Å². The number of anilines is 1. The molecule has 0 unspecified atom stereocenters. The molecule has 2 aromatic carbocycles. The van der Waals surface area contributed by atoms with Crippen LogP contribution in [0, 0.1) is 3.57 Å². The Morgan fingerprint density at radius 3 is 2.77 bits per heavy atom. The number of fused-ring (bicyclic) bond motifs is 1. The van der Waals surface area contributed by atoms with Crippen LogP contribution >= 0.6 is 34.4 Å². The van der Waals surface area contributed by atoms with E-state index in [0.29, 0.717) is 19.0 Å². The van der Waals surface area contributed by atoms with Crippen LogP contribution in [0.4, 0.5) is 5.69 Å². The number of ether oxygens (including phenoxy) is 2. The maximum absolute atomic E-state index is 12.0. The van der Waals surface area contributed by atoms with Crippen molar-refractivity contribution in [3.8, 4) is 11.5 Å². The lowest BCUT2D eigenvalue weighted by Crippen LogP contribution is -2.15. The van der Waals surface area contributed by atoms with E-state index in [1.807, 2.05) is 42.5 Å². The number of hydrogen-bond acceptors (Lipinski definition) is 4. The first-order valence-electron chi connectivity index (χ1n) is 6.78. The minimum atomic E-state index is -0.0260. The molecule has 6 heteroatoms. The molecule has 0 aromatic heterocycles. The van der Waals surface area contributed by atoms with Crippen LogP contribution in [0.1, 0.15) is 0 Å². The topological polar surface area (TPSA) is 47.6 Å². The van der Waals surface area contributed by atoms with E-state index in [1.54, 1.807) is 0 Å². The molecule has 1 heterocycles. The van der Waals surface area contributed by atoms with E-state index in [4.69, 9.17) is 9.47 Å². The summed E-state index contributed by atoms with van der Waals surface area (Å²) in [7, 11) is 0. The van der Waals surface area contributed by atoms with Gasteiger partial charge >= 0.3 is 0 Å². The third-order valence-corrected chi connectivity index (χ3v) is 4.66. The summed E-state index contributed by atoms with van der Waals surface area (Å²) in [6.45, 7) is 1.14. The lowest BCUT2D eigenvalue weighted by atomic mass is 10.3. The van der Waals surface area contributed by atoms with Crippen molar-refractivity contribution in [2.24, 2.45) is 0 Å². The third-order valence-electron chi connectivity index (χ3n) is 2.99. The van der Waals surface area contributed by atoms with Gasteiger partial charge in [0.25, 0.3) is 0 Å². The second kappa shape index (κ2) is 7.23. The van der Waals surface area contributed by atoms with E-state index in [0.717, 1.165) is 25.7 Å². The molecule has 1 aliphatic rings. The van der Waals surface area contributed by atoms with Gasteiger partial charge in [-0.25, -0.2) is 0 Å². The predicted octanol–water partition coefficient (Wildman–Crippen LogP) is 3.79. The van der Waals surface area contributed by atoms with E-state index in [9.17, 15) is 4.79 Å². The molecule has 3 rings (SSSR count). The highest BCUT2D eigenvalue weighted by Gasteiger charge is 2.12. The van der Waals surface area contributed by atoms with Crippen molar-refractivity contribution >= 4 is 45.9 Å².